The summed E-state index contributed by atoms with van der Waals surface area (Å²) in [6, 6.07) is 0. The maximum absolute atomic E-state index is 11.6. The molecule has 16 heavy (non-hydrogen) atoms. The van der Waals surface area contributed by atoms with E-state index in [9.17, 15) is 4.79 Å². The second kappa shape index (κ2) is 6.24. The van der Waals surface area contributed by atoms with Gasteiger partial charge in [-0.05, 0) is 6.92 Å². The summed E-state index contributed by atoms with van der Waals surface area (Å²) in [4.78, 5) is 11.6. The zero-order chi connectivity index (χ0) is 12.0. The monoisotopic (exact) mass is 227 g/mol. The molecule has 0 aliphatic carbocycles. The molecule has 90 valence electrons. The van der Waals surface area contributed by atoms with Gasteiger partial charge >= 0.3 is 0 Å². The molecule has 0 aliphatic heterocycles. The van der Waals surface area contributed by atoms with E-state index in [0.29, 0.717) is 31.0 Å². The fraction of sp³-hybridized carbons (Fsp3) is 0.600. The molecular weight excluding hydrogens is 210 g/mol. The lowest BCUT2D eigenvalue weighted by Gasteiger charge is -2.04. The SMILES string of the molecule is Cc1nn(C)cc1C(=O)NCCOCCO. The van der Waals surface area contributed by atoms with E-state index in [1.165, 1.54) is 0 Å². The Bertz CT molecular complexity index is 349. The van der Waals surface area contributed by atoms with Crippen molar-refractivity contribution in [2.24, 2.45) is 7.05 Å². The Morgan fingerprint density at radius 1 is 1.62 bits per heavy atom. The molecule has 1 rings (SSSR count). The van der Waals surface area contributed by atoms with Crippen molar-refractivity contribution in [2.75, 3.05) is 26.4 Å². The predicted octanol–water partition coefficient (Wildman–Crippen LogP) is -0.533. The number of nitrogens with zero attached hydrogens (tertiary/aromatic N) is 2. The molecule has 0 spiro atoms. The molecule has 0 fully saturated rings. The molecule has 0 aromatic carbocycles. The van der Waals surface area contributed by atoms with E-state index < -0.39 is 0 Å². The van der Waals surface area contributed by atoms with Gasteiger partial charge in [0.05, 0.1) is 31.1 Å². The Balaban J connectivity index is 2.33. The van der Waals surface area contributed by atoms with Gasteiger partial charge < -0.3 is 15.2 Å². The van der Waals surface area contributed by atoms with Crippen molar-refractivity contribution >= 4 is 5.91 Å². The average Bonchev–Trinajstić information content (AvgIpc) is 2.57. The van der Waals surface area contributed by atoms with E-state index in [1.807, 2.05) is 0 Å². The molecule has 1 aromatic heterocycles. The Labute approximate surface area is 94.2 Å². The van der Waals surface area contributed by atoms with Crippen molar-refractivity contribution in [3.8, 4) is 0 Å². The number of carbonyl (C=O) groups excluding carboxylic acids is 1. The van der Waals surface area contributed by atoms with E-state index in [1.54, 1.807) is 24.9 Å². The number of rotatable bonds is 6. The fourth-order valence-electron chi connectivity index (χ4n) is 1.32. The number of ether oxygens (including phenoxy) is 1. The zero-order valence-electron chi connectivity index (χ0n) is 9.56. The Morgan fingerprint density at radius 2 is 2.38 bits per heavy atom. The first-order chi connectivity index (χ1) is 7.65. The fourth-order valence-corrected chi connectivity index (χ4v) is 1.32. The van der Waals surface area contributed by atoms with Crippen LogP contribution in [0.15, 0.2) is 6.20 Å². The van der Waals surface area contributed by atoms with Gasteiger partial charge in [0.2, 0.25) is 0 Å². The summed E-state index contributed by atoms with van der Waals surface area (Å²) in [7, 11) is 1.77. The van der Waals surface area contributed by atoms with Gasteiger partial charge in [0, 0.05) is 19.8 Å². The molecule has 6 heteroatoms. The number of hydrogen-bond acceptors (Lipinski definition) is 4. The van der Waals surface area contributed by atoms with Crippen LogP contribution < -0.4 is 5.32 Å². The van der Waals surface area contributed by atoms with Crippen molar-refractivity contribution in [2.45, 2.75) is 6.92 Å². The third kappa shape index (κ3) is 3.63. The van der Waals surface area contributed by atoms with Crippen molar-refractivity contribution in [3.05, 3.63) is 17.5 Å². The van der Waals surface area contributed by atoms with Gasteiger partial charge in [-0.2, -0.15) is 5.10 Å². The number of aromatic nitrogens is 2. The zero-order valence-corrected chi connectivity index (χ0v) is 9.56. The number of amides is 1. The first-order valence-corrected chi connectivity index (χ1v) is 5.12. The highest BCUT2D eigenvalue weighted by atomic mass is 16.5. The number of aliphatic hydroxyl groups excluding tert-OH is 1. The molecule has 0 unspecified atom stereocenters. The number of hydrogen-bond donors (Lipinski definition) is 2. The van der Waals surface area contributed by atoms with Gasteiger partial charge in [0.25, 0.3) is 5.91 Å². The second-order valence-corrected chi connectivity index (χ2v) is 3.39. The third-order valence-electron chi connectivity index (χ3n) is 2.03. The molecule has 1 amide bonds. The summed E-state index contributed by atoms with van der Waals surface area (Å²) in [6.45, 7) is 2.90. The van der Waals surface area contributed by atoms with Crippen LogP contribution in [0.5, 0.6) is 0 Å². The highest BCUT2D eigenvalue weighted by Crippen LogP contribution is 2.03. The highest BCUT2D eigenvalue weighted by molar-refractivity contribution is 5.94. The van der Waals surface area contributed by atoms with E-state index in [-0.39, 0.29) is 12.5 Å². The maximum atomic E-state index is 11.6. The van der Waals surface area contributed by atoms with E-state index in [2.05, 4.69) is 10.4 Å². The normalized spacial score (nSPS) is 10.4. The molecule has 0 saturated carbocycles. The number of carbonyl (C=O) groups is 1. The van der Waals surface area contributed by atoms with Crippen LogP contribution in [0.4, 0.5) is 0 Å². The summed E-state index contributed by atoms with van der Waals surface area (Å²) in [6.07, 6.45) is 1.68. The molecule has 0 saturated heterocycles. The van der Waals surface area contributed by atoms with E-state index >= 15 is 0 Å². The Hall–Kier alpha value is -1.40. The van der Waals surface area contributed by atoms with Gasteiger partial charge in [0.1, 0.15) is 0 Å². The Morgan fingerprint density at radius 3 is 2.94 bits per heavy atom. The smallest absolute Gasteiger partial charge is 0.254 e. The van der Waals surface area contributed by atoms with Gasteiger partial charge in [-0.25, -0.2) is 0 Å². The minimum absolute atomic E-state index is 0.00431. The molecule has 1 heterocycles. The van der Waals surface area contributed by atoms with Crippen molar-refractivity contribution in [1.29, 1.82) is 0 Å². The first kappa shape index (κ1) is 12.7. The molecule has 0 bridgehead atoms. The minimum atomic E-state index is -0.154. The topological polar surface area (TPSA) is 76.4 Å². The van der Waals surface area contributed by atoms with Crippen LogP contribution in [-0.4, -0.2) is 47.2 Å². The molecule has 0 aliphatic rings. The van der Waals surface area contributed by atoms with Gasteiger partial charge in [-0.15, -0.1) is 0 Å². The highest BCUT2D eigenvalue weighted by Gasteiger charge is 2.11. The van der Waals surface area contributed by atoms with Gasteiger partial charge in [0.15, 0.2) is 0 Å². The number of aliphatic hydroxyl groups is 1. The summed E-state index contributed by atoms with van der Waals surface area (Å²) < 4.78 is 6.62. The van der Waals surface area contributed by atoms with Crippen molar-refractivity contribution in [3.63, 3.8) is 0 Å². The second-order valence-electron chi connectivity index (χ2n) is 3.39. The van der Waals surface area contributed by atoms with Crippen LogP contribution in [0, 0.1) is 6.92 Å². The molecule has 2 N–H and O–H groups in total. The van der Waals surface area contributed by atoms with Crippen LogP contribution >= 0.6 is 0 Å². The standard InChI is InChI=1S/C10H17N3O3/c1-8-9(7-13(2)12-8)10(15)11-3-5-16-6-4-14/h7,14H,3-6H2,1-2H3,(H,11,15). The summed E-state index contributed by atoms with van der Waals surface area (Å²) >= 11 is 0. The van der Waals surface area contributed by atoms with Crippen LogP contribution in [0.3, 0.4) is 0 Å². The molecular formula is C10H17N3O3. The van der Waals surface area contributed by atoms with Crippen molar-refractivity contribution in [1.82, 2.24) is 15.1 Å². The van der Waals surface area contributed by atoms with E-state index in [0.717, 1.165) is 0 Å². The van der Waals surface area contributed by atoms with Crippen LogP contribution in [-0.2, 0) is 11.8 Å². The summed E-state index contributed by atoms with van der Waals surface area (Å²) in [5.74, 6) is -0.154. The maximum Gasteiger partial charge on any atom is 0.254 e. The van der Waals surface area contributed by atoms with Gasteiger partial charge in [-0.3, -0.25) is 9.48 Å². The van der Waals surface area contributed by atoms with Crippen molar-refractivity contribution < 1.29 is 14.6 Å². The third-order valence-corrected chi connectivity index (χ3v) is 2.03. The van der Waals surface area contributed by atoms with E-state index in [4.69, 9.17) is 9.84 Å². The largest absolute Gasteiger partial charge is 0.394 e. The van der Waals surface area contributed by atoms with Crippen LogP contribution in [0.1, 0.15) is 16.1 Å². The minimum Gasteiger partial charge on any atom is -0.394 e. The quantitative estimate of drug-likeness (QED) is 0.640. The molecule has 0 atom stereocenters. The van der Waals surface area contributed by atoms with Crippen LogP contribution in [0.25, 0.3) is 0 Å². The van der Waals surface area contributed by atoms with Crippen LogP contribution in [0.2, 0.25) is 0 Å². The molecule has 0 radical (unpaired) electrons. The molecule has 6 nitrogen and oxygen atoms in total. The molecule has 1 aromatic rings. The lowest BCUT2D eigenvalue weighted by molar-refractivity contribution is 0.0837. The number of nitrogens with one attached hydrogen (secondary N) is 1. The lowest BCUT2D eigenvalue weighted by Crippen LogP contribution is -2.27. The first-order valence-electron chi connectivity index (χ1n) is 5.12. The van der Waals surface area contributed by atoms with Gasteiger partial charge in [-0.1, -0.05) is 0 Å². The number of aryl methyl sites for hydroxylation is 2. The summed E-state index contributed by atoms with van der Waals surface area (Å²) in [5.41, 5.74) is 1.28. The summed E-state index contributed by atoms with van der Waals surface area (Å²) in [5, 5.41) is 15.3. The predicted molar refractivity (Wildman–Crippen MR) is 58.2 cm³/mol. The lowest BCUT2D eigenvalue weighted by atomic mass is 10.2. The average molecular weight is 227 g/mol. The Kier molecular flexibility index (Phi) is 4.94.